The Labute approximate surface area is 111 Å². The summed E-state index contributed by atoms with van der Waals surface area (Å²) in [7, 11) is -2.92. The summed E-state index contributed by atoms with van der Waals surface area (Å²) in [4.78, 5) is 2.35. The van der Waals surface area contributed by atoms with Gasteiger partial charge in [-0.05, 0) is 20.8 Å². The second-order valence-corrected chi connectivity index (χ2v) is 7.86. The van der Waals surface area contributed by atoms with E-state index in [0.29, 0.717) is 12.6 Å². The lowest BCUT2D eigenvalue weighted by Gasteiger charge is -2.29. The van der Waals surface area contributed by atoms with Crippen molar-refractivity contribution < 1.29 is 13.2 Å². The van der Waals surface area contributed by atoms with Crippen molar-refractivity contribution in [2.24, 2.45) is 0 Å². The highest BCUT2D eigenvalue weighted by Crippen LogP contribution is 2.01. The lowest BCUT2D eigenvalue weighted by atomic mass is 10.3. The molecule has 0 aromatic heterocycles. The lowest BCUT2D eigenvalue weighted by molar-refractivity contribution is 0.0345. The van der Waals surface area contributed by atoms with Crippen LogP contribution in [0.25, 0.3) is 0 Å². The zero-order valence-corrected chi connectivity index (χ0v) is 12.5. The summed E-state index contributed by atoms with van der Waals surface area (Å²) in [6.07, 6.45) is 0. The Bertz CT molecular complexity index is 324. The van der Waals surface area contributed by atoms with Crippen LogP contribution < -0.4 is 5.32 Å². The maximum Gasteiger partial charge on any atom is 0.153 e. The minimum absolute atomic E-state index is 0.220. The van der Waals surface area contributed by atoms with E-state index in [4.69, 9.17) is 4.74 Å². The predicted molar refractivity (Wildman–Crippen MR) is 73.6 cm³/mol. The molecule has 18 heavy (non-hydrogen) atoms. The number of rotatable bonds is 7. The van der Waals surface area contributed by atoms with E-state index in [2.05, 4.69) is 17.1 Å². The van der Waals surface area contributed by atoms with Crippen LogP contribution in [0.3, 0.4) is 0 Å². The van der Waals surface area contributed by atoms with E-state index >= 15 is 0 Å². The number of nitrogens with one attached hydrogen (secondary N) is 1. The van der Waals surface area contributed by atoms with E-state index < -0.39 is 9.84 Å². The molecule has 108 valence electrons. The largest absolute Gasteiger partial charge is 0.379 e. The average Bonchev–Trinajstić information content (AvgIpc) is 2.29. The van der Waals surface area contributed by atoms with Crippen LogP contribution in [0.2, 0.25) is 0 Å². The summed E-state index contributed by atoms with van der Waals surface area (Å²) in [5.41, 5.74) is 0. The monoisotopic (exact) mass is 278 g/mol. The van der Waals surface area contributed by atoms with Gasteiger partial charge in [0.2, 0.25) is 0 Å². The smallest absolute Gasteiger partial charge is 0.153 e. The molecule has 1 unspecified atom stereocenters. The van der Waals surface area contributed by atoms with Crippen LogP contribution in [0.1, 0.15) is 20.8 Å². The van der Waals surface area contributed by atoms with Crippen LogP contribution in [0.4, 0.5) is 0 Å². The van der Waals surface area contributed by atoms with Crippen molar-refractivity contribution in [3.05, 3.63) is 0 Å². The van der Waals surface area contributed by atoms with E-state index in [1.165, 1.54) is 0 Å². The molecular formula is C12H26N2O3S. The lowest BCUT2D eigenvalue weighted by Crippen LogP contribution is -2.45. The van der Waals surface area contributed by atoms with E-state index in [1.807, 2.05) is 0 Å². The first-order valence-electron chi connectivity index (χ1n) is 6.67. The maximum atomic E-state index is 11.6. The van der Waals surface area contributed by atoms with Crippen molar-refractivity contribution in [3.63, 3.8) is 0 Å². The Morgan fingerprint density at radius 1 is 1.22 bits per heavy atom. The third kappa shape index (κ3) is 5.65. The van der Waals surface area contributed by atoms with E-state index in [-0.39, 0.29) is 11.0 Å². The number of hydrogen-bond acceptors (Lipinski definition) is 5. The summed E-state index contributed by atoms with van der Waals surface area (Å²) in [5, 5.41) is 3.00. The average molecular weight is 278 g/mol. The second kappa shape index (κ2) is 7.43. The zero-order valence-electron chi connectivity index (χ0n) is 11.7. The molecule has 0 aromatic rings. The highest BCUT2D eigenvalue weighted by molar-refractivity contribution is 7.92. The molecule has 1 atom stereocenters. The molecule has 0 radical (unpaired) electrons. The highest BCUT2D eigenvalue weighted by atomic mass is 32.2. The molecule has 0 amide bonds. The van der Waals surface area contributed by atoms with Gasteiger partial charge in [-0.2, -0.15) is 0 Å². The molecule has 1 heterocycles. The van der Waals surface area contributed by atoms with Crippen LogP contribution in [0.5, 0.6) is 0 Å². The third-order valence-electron chi connectivity index (χ3n) is 3.23. The molecule has 1 aliphatic heterocycles. The summed E-state index contributed by atoms with van der Waals surface area (Å²) < 4.78 is 28.6. The molecule has 1 fully saturated rings. The van der Waals surface area contributed by atoms with Crippen molar-refractivity contribution in [1.82, 2.24) is 10.2 Å². The third-order valence-corrected chi connectivity index (χ3v) is 5.44. The SMILES string of the molecule is CC(CN1CCOCC1)NCCS(=O)(=O)C(C)C. The fourth-order valence-corrected chi connectivity index (χ4v) is 2.79. The predicted octanol–water partition coefficient (Wildman–Crippen LogP) is 0.120. The first kappa shape index (κ1) is 15.9. The fourth-order valence-electron chi connectivity index (χ4n) is 1.92. The van der Waals surface area contributed by atoms with E-state index in [9.17, 15) is 8.42 Å². The summed E-state index contributed by atoms with van der Waals surface area (Å²) in [6, 6.07) is 0.311. The molecule has 5 nitrogen and oxygen atoms in total. The van der Waals surface area contributed by atoms with Crippen molar-refractivity contribution >= 4 is 9.84 Å². The van der Waals surface area contributed by atoms with Gasteiger partial charge in [0.25, 0.3) is 0 Å². The number of morpholine rings is 1. The zero-order chi connectivity index (χ0) is 13.6. The molecule has 6 heteroatoms. The molecular weight excluding hydrogens is 252 g/mol. The molecule has 0 bridgehead atoms. The Morgan fingerprint density at radius 3 is 2.39 bits per heavy atom. The molecule has 0 saturated carbocycles. The number of sulfone groups is 1. The number of ether oxygens (including phenoxy) is 1. The van der Waals surface area contributed by atoms with Crippen LogP contribution in [0, 0.1) is 0 Å². The van der Waals surface area contributed by atoms with Crippen molar-refractivity contribution in [3.8, 4) is 0 Å². The van der Waals surface area contributed by atoms with Crippen LogP contribution in [-0.2, 0) is 14.6 Å². The molecule has 0 aliphatic carbocycles. The minimum atomic E-state index is -2.92. The van der Waals surface area contributed by atoms with Gasteiger partial charge in [-0.3, -0.25) is 4.90 Å². The fraction of sp³-hybridized carbons (Fsp3) is 1.00. The van der Waals surface area contributed by atoms with Crippen LogP contribution >= 0.6 is 0 Å². The Balaban J connectivity index is 2.18. The van der Waals surface area contributed by atoms with E-state index in [1.54, 1.807) is 13.8 Å². The van der Waals surface area contributed by atoms with Gasteiger partial charge >= 0.3 is 0 Å². The van der Waals surface area contributed by atoms with Crippen molar-refractivity contribution in [1.29, 1.82) is 0 Å². The highest BCUT2D eigenvalue weighted by Gasteiger charge is 2.17. The van der Waals surface area contributed by atoms with Gasteiger partial charge < -0.3 is 10.1 Å². The topological polar surface area (TPSA) is 58.6 Å². The molecule has 1 rings (SSSR count). The second-order valence-electron chi connectivity index (χ2n) is 5.18. The van der Waals surface area contributed by atoms with Gasteiger partial charge in [0.15, 0.2) is 9.84 Å². The molecule has 1 aliphatic rings. The van der Waals surface area contributed by atoms with Crippen molar-refractivity contribution in [2.75, 3.05) is 45.1 Å². The standard InChI is InChI=1S/C12H26N2O3S/c1-11(2)18(15,16)9-4-13-12(3)10-14-5-7-17-8-6-14/h11-13H,4-10H2,1-3H3. The van der Waals surface area contributed by atoms with Crippen LogP contribution in [-0.4, -0.2) is 69.8 Å². The van der Waals surface area contributed by atoms with E-state index in [0.717, 1.165) is 32.8 Å². The quantitative estimate of drug-likeness (QED) is 0.717. The van der Waals surface area contributed by atoms with Gasteiger partial charge in [0.1, 0.15) is 0 Å². The van der Waals surface area contributed by atoms with Gasteiger partial charge in [0.05, 0.1) is 24.2 Å². The molecule has 1 saturated heterocycles. The molecule has 0 spiro atoms. The Morgan fingerprint density at radius 2 is 1.83 bits per heavy atom. The molecule has 0 aromatic carbocycles. The van der Waals surface area contributed by atoms with Gasteiger partial charge in [-0.1, -0.05) is 0 Å². The van der Waals surface area contributed by atoms with Gasteiger partial charge in [-0.15, -0.1) is 0 Å². The Hall–Kier alpha value is -0.170. The summed E-state index contributed by atoms with van der Waals surface area (Å²) >= 11 is 0. The minimum Gasteiger partial charge on any atom is -0.379 e. The molecule has 1 N–H and O–H groups in total. The summed E-state index contributed by atoms with van der Waals surface area (Å²) in [5.74, 6) is 0.220. The van der Waals surface area contributed by atoms with Crippen molar-refractivity contribution in [2.45, 2.75) is 32.1 Å². The number of hydrogen-bond donors (Lipinski definition) is 1. The normalized spacial score (nSPS) is 20.2. The van der Waals surface area contributed by atoms with Crippen LogP contribution in [0.15, 0.2) is 0 Å². The number of nitrogens with zero attached hydrogens (tertiary/aromatic N) is 1. The maximum absolute atomic E-state index is 11.6. The van der Waals surface area contributed by atoms with Gasteiger partial charge in [0, 0.05) is 32.2 Å². The first-order valence-corrected chi connectivity index (χ1v) is 8.38. The summed E-state index contributed by atoms with van der Waals surface area (Å²) in [6.45, 7) is 10.6. The van der Waals surface area contributed by atoms with Gasteiger partial charge in [-0.25, -0.2) is 8.42 Å². The first-order chi connectivity index (χ1) is 8.42. The Kier molecular flexibility index (Phi) is 6.55.